The first kappa shape index (κ1) is 19.8. The molecule has 154 valence electrons. The molecular formula is C21H26N4O4. The second kappa shape index (κ2) is 8.49. The summed E-state index contributed by atoms with van der Waals surface area (Å²) < 4.78 is 24.3. The molecule has 0 bridgehead atoms. The van der Waals surface area contributed by atoms with Crippen molar-refractivity contribution in [1.29, 1.82) is 0 Å². The van der Waals surface area contributed by atoms with Crippen LogP contribution in [-0.2, 0) is 20.8 Å². The van der Waals surface area contributed by atoms with Gasteiger partial charge in [0.05, 0.1) is 32.1 Å². The van der Waals surface area contributed by atoms with Gasteiger partial charge in [0.1, 0.15) is 23.7 Å². The lowest BCUT2D eigenvalue weighted by Crippen LogP contribution is -2.39. The van der Waals surface area contributed by atoms with Crippen molar-refractivity contribution < 1.29 is 18.9 Å². The number of methoxy groups -OCH3 is 1. The summed E-state index contributed by atoms with van der Waals surface area (Å²) in [6.07, 6.45) is 5.57. The van der Waals surface area contributed by atoms with E-state index in [0.717, 1.165) is 18.4 Å². The smallest absolute Gasteiger partial charge is 0.177 e. The summed E-state index contributed by atoms with van der Waals surface area (Å²) in [6, 6.07) is 1.90. The second-order valence-corrected chi connectivity index (χ2v) is 8.16. The summed E-state index contributed by atoms with van der Waals surface area (Å²) in [5.41, 5.74) is 2.12. The Hall–Kier alpha value is -2.47. The van der Waals surface area contributed by atoms with Crippen LogP contribution in [0.5, 0.6) is 5.75 Å². The van der Waals surface area contributed by atoms with E-state index in [1.807, 2.05) is 12.3 Å². The highest BCUT2D eigenvalue weighted by Crippen LogP contribution is 2.33. The Morgan fingerprint density at radius 2 is 2.07 bits per heavy atom. The molecule has 1 aliphatic heterocycles. The summed E-state index contributed by atoms with van der Waals surface area (Å²) in [6.45, 7) is 6.40. The van der Waals surface area contributed by atoms with Crippen LogP contribution in [0.1, 0.15) is 32.3 Å². The largest absolute Gasteiger partial charge is 0.488 e. The predicted octanol–water partition coefficient (Wildman–Crippen LogP) is 2.28. The molecule has 0 spiro atoms. The van der Waals surface area contributed by atoms with Crippen molar-refractivity contribution in [3.05, 3.63) is 24.0 Å². The third kappa shape index (κ3) is 5.32. The van der Waals surface area contributed by atoms with Gasteiger partial charge in [-0.1, -0.05) is 30.9 Å². The Labute approximate surface area is 170 Å². The number of aromatic nitrogens is 4. The molecule has 1 saturated heterocycles. The van der Waals surface area contributed by atoms with Gasteiger partial charge in [-0.2, -0.15) is 0 Å². The molecule has 3 heterocycles. The molecule has 2 aromatic heterocycles. The van der Waals surface area contributed by atoms with Crippen LogP contribution in [0, 0.1) is 17.3 Å². The van der Waals surface area contributed by atoms with Crippen molar-refractivity contribution in [1.82, 2.24) is 20.0 Å². The van der Waals surface area contributed by atoms with E-state index in [1.165, 1.54) is 0 Å². The quantitative estimate of drug-likeness (QED) is 0.691. The van der Waals surface area contributed by atoms with Gasteiger partial charge in [0.2, 0.25) is 0 Å². The standard InChI is InChI=1S/C21H26N4O4/c1-21(2)13-27-19(28-14-21)12-25-11-17(23-24-25)20-18(29-16-6-7-16)9-15(10-22-20)5-4-8-26-3/h9-11,16,19H,6-8,12-14H2,1-3H3. The molecule has 1 saturated carbocycles. The molecule has 29 heavy (non-hydrogen) atoms. The van der Waals surface area contributed by atoms with Crippen LogP contribution in [0.25, 0.3) is 11.4 Å². The molecule has 0 atom stereocenters. The fraction of sp³-hybridized carbons (Fsp3) is 0.571. The van der Waals surface area contributed by atoms with Gasteiger partial charge < -0.3 is 18.9 Å². The van der Waals surface area contributed by atoms with Crippen LogP contribution in [0.4, 0.5) is 0 Å². The molecule has 0 N–H and O–H groups in total. The third-order valence-electron chi connectivity index (χ3n) is 4.56. The average Bonchev–Trinajstić information content (AvgIpc) is 3.39. The first-order valence-electron chi connectivity index (χ1n) is 9.81. The van der Waals surface area contributed by atoms with E-state index in [9.17, 15) is 0 Å². The van der Waals surface area contributed by atoms with E-state index in [2.05, 4.69) is 41.0 Å². The molecule has 0 unspecified atom stereocenters. The van der Waals surface area contributed by atoms with Gasteiger partial charge in [0, 0.05) is 24.3 Å². The molecule has 0 amide bonds. The topological polar surface area (TPSA) is 80.5 Å². The minimum absolute atomic E-state index is 0.0386. The zero-order valence-corrected chi connectivity index (χ0v) is 17.1. The maximum absolute atomic E-state index is 6.05. The van der Waals surface area contributed by atoms with Gasteiger partial charge in [-0.25, -0.2) is 9.67 Å². The van der Waals surface area contributed by atoms with Crippen LogP contribution in [0.2, 0.25) is 0 Å². The van der Waals surface area contributed by atoms with Crippen molar-refractivity contribution >= 4 is 0 Å². The average molecular weight is 398 g/mol. The molecule has 8 nitrogen and oxygen atoms in total. The number of ether oxygens (including phenoxy) is 4. The maximum atomic E-state index is 6.05. The highest BCUT2D eigenvalue weighted by atomic mass is 16.7. The Morgan fingerprint density at radius 1 is 1.28 bits per heavy atom. The number of hydrogen-bond donors (Lipinski definition) is 0. The lowest BCUT2D eigenvalue weighted by molar-refractivity contribution is -0.227. The molecule has 8 heteroatoms. The van der Waals surface area contributed by atoms with E-state index in [1.54, 1.807) is 18.0 Å². The van der Waals surface area contributed by atoms with E-state index in [0.29, 0.717) is 43.5 Å². The van der Waals surface area contributed by atoms with Gasteiger partial charge >= 0.3 is 0 Å². The Kier molecular flexibility index (Phi) is 5.81. The second-order valence-electron chi connectivity index (χ2n) is 8.16. The highest BCUT2D eigenvalue weighted by molar-refractivity contribution is 5.63. The van der Waals surface area contributed by atoms with E-state index in [-0.39, 0.29) is 17.8 Å². The summed E-state index contributed by atoms with van der Waals surface area (Å²) in [7, 11) is 1.62. The molecule has 4 rings (SSSR count). The van der Waals surface area contributed by atoms with Crippen molar-refractivity contribution in [2.24, 2.45) is 5.41 Å². The molecule has 2 fully saturated rings. The Balaban J connectivity index is 1.49. The summed E-state index contributed by atoms with van der Waals surface area (Å²) >= 11 is 0. The van der Waals surface area contributed by atoms with E-state index in [4.69, 9.17) is 18.9 Å². The Morgan fingerprint density at radius 3 is 2.79 bits per heavy atom. The zero-order valence-electron chi connectivity index (χ0n) is 17.1. The molecular weight excluding hydrogens is 372 g/mol. The summed E-state index contributed by atoms with van der Waals surface area (Å²) in [4.78, 5) is 4.54. The highest BCUT2D eigenvalue weighted by Gasteiger charge is 2.29. The minimum Gasteiger partial charge on any atom is -0.488 e. The van der Waals surface area contributed by atoms with Crippen LogP contribution in [0.15, 0.2) is 18.5 Å². The molecule has 1 aliphatic carbocycles. The van der Waals surface area contributed by atoms with E-state index < -0.39 is 0 Å². The van der Waals surface area contributed by atoms with Crippen LogP contribution in [0.3, 0.4) is 0 Å². The van der Waals surface area contributed by atoms with Gasteiger partial charge in [-0.15, -0.1) is 5.10 Å². The van der Waals surface area contributed by atoms with Crippen molar-refractivity contribution in [3.63, 3.8) is 0 Å². The summed E-state index contributed by atoms with van der Waals surface area (Å²) in [5, 5.41) is 8.49. The Bertz CT molecular complexity index is 901. The fourth-order valence-corrected chi connectivity index (χ4v) is 2.85. The van der Waals surface area contributed by atoms with Crippen LogP contribution in [-0.4, -0.2) is 59.3 Å². The minimum atomic E-state index is -0.328. The zero-order chi connectivity index (χ0) is 20.3. The van der Waals surface area contributed by atoms with Crippen LogP contribution < -0.4 is 4.74 Å². The molecule has 2 aromatic rings. The van der Waals surface area contributed by atoms with Crippen molar-refractivity contribution in [3.8, 4) is 29.0 Å². The number of pyridine rings is 1. The first-order valence-corrected chi connectivity index (χ1v) is 9.81. The maximum Gasteiger partial charge on any atom is 0.177 e. The lowest BCUT2D eigenvalue weighted by atomic mass is 9.96. The normalized spacial score (nSPS) is 18.9. The van der Waals surface area contributed by atoms with Gasteiger partial charge in [0.25, 0.3) is 0 Å². The van der Waals surface area contributed by atoms with Crippen molar-refractivity contribution in [2.75, 3.05) is 26.9 Å². The number of hydrogen-bond acceptors (Lipinski definition) is 7. The third-order valence-corrected chi connectivity index (χ3v) is 4.56. The first-order chi connectivity index (χ1) is 14.0. The van der Waals surface area contributed by atoms with E-state index >= 15 is 0 Å². The molecule has 2 aliphatic rings. The van der Waals surface area contributed by atoms with Gasteiger partial charge in [0.15, 0.2) is 6.29 Å². The fourth-order valence-electron chi connectivity index (χ4n) is 2.85. The monoisotopic (exact) mass is 398 g/mol. The van der Waals surface area contributed by atoms with Gasteiger partial charge in [-0.3, -0.25) is 0 Å². The van der Waals surface area contributed by atoms with Crippen molar-refractivity contribution in [2.45, 2.75) is 45.6 Å². The van der Waals surface area contributed by atoms with Crippen LogP contribution >= 0.6 is 0 Å². The molecule has 0 aromatic carbocycles. The number of rotatable bonds is 6. The molecule has 0 radical (unpaired) electrons. The number of nitrogens with zero attached hydrogens (tertiary/aromatic N) is 4. The lowest BCUT2D eigenvalue weighted by Gasteiger charge is -2.34. The predicted molar refractivity (Wildman–Crippen MR) is 105 cm³/mol. The van der Waals surface area contributed by atoms with Gasteiger partial charge in [-0.05, 0) is 18.9 Å². The summed E-state index contributed by atoms with van der Waals surface area (Å²) in [5.74, 6) is 6.64. The SMILES string of the molecule is COCC#Cc1cnc(-c2cn(CC3OCC(C)(C)CO3)nn2)c(OC2CC2)c1.